The maximum atomic E-state index is 11.3. The molecule has 1 atom stereocenters. The summed E-state index contributed by atoms with van der Waals surface area (Å²) >= 11 is 0. The van der Waals surface area contributed by atoms with Crippen LogP contribution in [0, 0.1) is 0 Å². The highest BCUT2D eigenvalue weighted by molar-refractivity contribution is 5.93. The van der Waals surface area contributed by atoms with Crippen LogP contribution in [-0.4, -0.2) is 37.4 Å². The number of ether oxygens (including phenoxy) is 1. The highest BCUT2D eigenvalue weighted by Gasteiger charge is 2.22. The molecule has 2 aliphatic rings. The molecule has 0 saturated carbocycles. The van der Waals surface area contributed by atoms with E-state index in [1.165, 1.54) is 7.11 Å². The summed E-state index contributed by atoms with van der Waals surface area (Å²) in [6.07, 6.45) is 9.16. The number of hydrogen-bond acceptors (Lipinski definition) is 4. The second kappa shape index (κ2) is 3.73. The van der Waals surface area contributed by atoms with Gasteiger partial charge in [0, 0.05) is 13.3 Å². The molecule has 1 heterocycles. The van der Waals surface area contributed by atoms with Crippen molar-refractivity contribution in [1.82, 2.24) is 5.01 Å². The van der Waals surface area contributed by atoms with Crippen LogP contribution >= 0.6 is 0 Å². The van der Waals surface area contributed by atoms with Crippen LogP contribution in [0.2, 0.25) is 0 Å². The Labute approximate surface area is 88.2 Å². The molecule has 0 spiro atoms. The molecular weight excluding hydrogens is 192 g/mol. The van der Waals surface area contributed by atoms with Crippen molar-refractivity contribution in [3.63, 3.8) is 0 Å². The molecule has 15 heavy (non-hydrogen) atoms. The number of rotatable bonds is 1. The van der Waals surface area contributed by atoms with Gasteiger partial charge in [0.15, 0.2) is 0 Å². The monoisotopic (exact) mass is 204 g/mol. The third kappa shape index (κ3) is 1.70. The number of nitrogens with zero attached hydrogens (tertiary/aromatic N) is 2. The van der Waals surface area contributed by atoms with E-state index in [9.17, 15) is 4.79 Å². The number of likely N-dealkylation sites (N-methyl/N-ethyl adjacent to an activating group) is 1. The Kier molecular flexibility index (Phi) is 2.41. The molecule has 4 nitrogen and oxygen atoms in total. The summed E-state index contributed by atoms with van der Waals surface area (Å²) in [7, 11) is 3.28. The molecule has 0 fully saturated rings. The number of esters is 1. The maximum absolute atomic E-state index is 11.3. The van der Waals surface area contributed by atoms with Crippen LogP contribution in [0.4, 0.5) is 0 Å². The van der Waals surface area contributed by atoms with Crippen LogP contribution in [0.1, 0.15) is 0 Å². The first-order chi connectivity index (χ1) is 7.22. The van der Waals surface area contributed by atoms with E-state index in [4.69, 9.17) is 0 Å². The SMILES string of the molecule is COC(=O)C1=CC2=CC=NN(C)C2C=C1. The summed E-state index contributed by atoms with van der Waals surface area (Å²) in [5.74, 6) is -0.309. The van der Waals surface area contributed by atoms with Crippen LogP contribution in [0.15, 0.2) is 40.6 Å². The molecule has 0 aromatic heterocycles. The van der Waals surface area contributed by atoms with Gasteiger partial charge < -0.3 is 4.74 Å². The van der Waals surface area contributed by atoms with E-state index in [2.05, 4.69) is 9.84 Å². The second-order valence-corrected chi connectivity index (χ2v) is 3.40. The van der Waals surface area contributed by atoms with Gasteiger partial charge in [-0.2, -0.15) is 5.10 Å². The summed E-state index contributed by atoms with van der Waals surface area (Å²) in [5, 5.41) is 5.98. The van der Waals surface area contributed by atoms with Crippen molar-refractivity contribution in [1.29, 1.82) is 0 Å². The predicted octanol–water partition coefficient (Wildman–Crippen LogP) is 0.882. The van der Waals surface area contributed by atoms with E-state index in [1.807, 2.05) is 30.3 Å². The van der Waals surface area contributed by atoms with Crippen molar-refractivity contribution in [2.45, 2.75) is 6.04 Å². The molecule has 0 aromatic rings. The van der Waals surface area contributed by atoms with Gasteiger partial charge in [-0.1, -0.05) is 6.08 Å². The number of hydrazone groups is 1. The first-order valence-corrected chi connectivity index (χ1v) is 4.67. The minimum Gasteiger partial charge on any atom is -0.465 e. The zero-order valence-electron chi connectivity index (χ0n) is 8.68. The Bertz CT molecular complexity index is 405. The van der Waals surface area contributed by atoms with Gasteiger partial charge in [-0.25, -0.2) is 4.79 Å². The van der Waals surface area contributed by atoms with Gasteiger partial charge in [0.1, 0.15) is 0 Å². The minimum absolute atomic E-state index is 0.128. The second-order valence-electron chi connectivity index (χ2n) is 3.40. The molecule has 78 valence electrons. The summed E-state index contributed by atoms with van der Waals surface area (Å²) in [6, 6.07) is 0.128. The smallest absolute Gasteiger partial charge is 0.337 e. The van der Waals surface area contributed by atoms with Gasteiger partial charge in [-0.3, -0.25) is 5.01 Å². The summed E-state index contributed by atoms with van der Waals surface area (Å²) in [4.78, 5) is 11.3. The number of methoxy groups -OCH3 is 1. The van der Waals surface area contributed by atoms with Crippen molar-refractivity contribution in [3.8, 4) is 0 Å². The van der Waals surface area contributed by atoms with Crippen LogP contribution in [0.25, 0.3) is 0 Å². The molecule has 0 N–H and O–H groups in total. The third-order valence-corrected chi connectivity index (χ3v) is 2.46. The van der Waals surface area contributed by atoms with E-state index >= 15 is 0 Å². The van der Waals surface area contributed by atoms with E-state index in [0.717, 1.165) is 5.57 Å². The predicted molar refractivity (Wildman–Crippen MR) is 57.4 cm³/mol. The third-order valence-electron chi connectivity index (χ3n) is 2.46. The largest absolute Gasteiger partial charge is 0.465 e. The van der Waals surface area contributed by atoms with Gasteiger partial charge in [-0.05, 0) is 23.8 Å². The Morgan fingerprint density at radius 3 is 3.13 bits per heavy atom. The van der Waals surface area contributed by atoms with Crippen LogP contribution < -0.4 is 0 Å². The van der Waals surface area contributed by atoms with E-state index in [-0.39, 0.29) is 12.0 Å². The van der Waals surface area contributed by atoms with Crippen molar-refractivity contribution in [2.24, 2.45) is 5.10 Å². The van der Waals surface area contributed by atoms with Crippen molar-refractivity contribution < 1.29 is 9.53 Å². The molecule has 0 saturated heterocycles. The lowest BCUT2D eigenvalue weighted by molar-refractivity contribution is -0.135. The number of hydrogen-bond donors (Lipinski definition) is 0. The maximum Gasteiger partial charge on any atom is 0.337 e. The summed E-state index contributed by atoms with van der Waals surface area (Å²) < 4.78 is 4.66. The highest BCUT2D eigenvalue weighted by atomic mass is 16.5. The fraction of sp³-hybridized carbons (Fsp3) is 0.273. The van der Waals surface area contributed by atoms with Gasteiger partial charge in [0.2, 0.25) is 0 Å². The van der Waals surface area contributed by atoms with Crippen molar-refractivity contribution >= 4 is 12.2 Å². The van der Waals surface area contributed by atoms with E-state index < -0.39 is 0 Å². The molecular formula is C11H12N2O2. The molecule has 1 aliphatic heterocycles. The number of carbonyl (C=O) groups excluding carboxylic acids is 1. The topological polar surface area (TPSA) is 41.9 Å². The van der Waals surface area contributed by atoms with Crippen molar-refractivity contribution in [2.75, 3.05) is 14.2 Å². The van der Waals surface area contributed by atoms with Crippen LogP contribution in [-0.2, 0) is 9.53 Å². The highest BCUT2D eigenvalue weighted by Crippen LogP contribution is 2.22. The van der Waals surface area contributed by atoms with E-state index in [1.54, 1.807) is 12.3 Å². The minimum atomic E-state index is -0.309. The van der Waals surface area contributed by atoms with Gasteiger partial charge in [-0.15, -0.1) is 0 Å². The van der Waals surface area contributed by atoms with Gasteiger partial charge >= 0.3 is 5.97 Å². The Hall–Kier alpha value is -1.84. The Morgan fingerprint density at radius 1 is 1.60 bits per heavy atom. The fourth-order valence-electron chi connectivity index (χ4n) is 1.65. The Morgan fingerprint density at radius 2 is 2.40 bits per heavy atom. The average Bonchev–Trinajstić information content (AvgIpc) is 2.28. The Balaban J connectivity index is 2.29. The van der Waals surface area contributed by atoms with Crippen LogP contribution in [0.3, 0.4) is 0 Å². The molecule has 2 rings (SSSR count). The molecule has 0 bridgehead atoms. The molecule has 0 aromatic carbocycles. The average molecular weight is 204 g/mol. The molecule has 1 aliphatic carbocycles. The summed E-state index contributed by atoms with van der Waals surface area (Å²) in [6.45, 7) is 0. The zero-order chi connectivity index (χ0) is 10.8. The normalized spacial score (nSPS) is 23.1. The lowest BCUT2D eigenvalue weighted by atomic mass is 9.96. The standard InChI is InChI=1S/C11H12N2O2/c1-13-10-4-3-9(11(14)15-2)7-8(10)5-6-12-13/h3-7,10H,1-2H3. The number of fused-ring (bicyclic) bond motifs is 1. The number of allylic oxidation sites excluding steroid dienone is 1. The lowest BCUT2D eigenvalue weighted by Crippen LogP contribution is -2.31. The first-order valence-electron chi connectivity index (χ1n) is 4.67. The van der Waals surface area contributed by atoms with Gasteiger partial charge in [0.25, 0.3) is 0 Å². The fourth-order valence-corrected chi connectivity index (χ4v) is 1.65. The lowest BCUT2D eigenvalue weighted by Gasteiger charge is -2.28. The zero-order valence-corrected chi connectivity index (χ0v) is 8.68. The van der Waals surface area contributed by atoms with Gasteiger partial charge in [0.05, 0.1) is 18.7 Å². The quantitative estimate of drug-likeness (QED) is 0.595. The van der Waals surface area contributed by atoms with E-state index in [0.29, 0.717) is 5.57 Å². The molecule has 4 heteroatoms. The van der Waals surface area contributed by atoms with Crippen LogP contribution in [0.5, 0.6) is 0 Å². The molecule has 1 unspecified atom stereocenters. The summed E-state index contributed by atoms with van der Waals surface area (Å²) in [5.41, 5.74) is 1.62. The number of carbonyl (C=O) groups is 1. The molecule has 0 radical (unpaired) electrons. The first kappa shape index (κ1) is 9.71. The van der Waals surface area contributed by atoms with Crippen molar-refractivity contribution in [3.05, 3.63) is 35.5 Å². The molecule has 0 amide bonds.